The quantitative estimate of drug-likeness (QED) is 0.669. The maximum atomic E-state index is 13.0. The molecule has 3 heterocycles. The van der Waals surface area contributed by atoms with Crippen LogP contribution in [0.15, 0.2) is 33.2 Å². The molecule has 1 aliphatic carbocycles. The SMILES string of the molecule is COc1cccc2cc(C(=O)N3CCC[C@H](Cc4nc(C5CC5)no4)C3)oc12. The summed E-state index contributed by atoms with van der Waals surface area (Å²) in [6.07, 6.45) is 5.06. The Balaban J connectivity index is 1.29. The fourth-order valence-electron chi connectivity index (χ4n) is 3.98. The number of ether oxygens (including phenoxy) is 1. The second kappa shape index (κ2) is 6.96. The summed E-state index contributed by atoms with van der Waals surface area (Å²) in [6.45, 7) is 1.41. The molecule has 1 atom stereocenters. The minimum atomic E-state index is -0.0767. The van der Waals surface area contributed by atoms with E-state index in [1.807, 2.05) is 23.1 Å². The van der Waals surface area contributed by atoms with Gasteiger partial charge < -0.3 is 18.6 Å². The van der Waals surface area contributed by atoms with Crippen LogP contribution in [0.2, 0.25) is 0 Å². The first-order valence-electron chi connectivity index (χ1n) is 9.89. The molecule has 1 saturated heterocycles. The molecule has 1 amide bonds. The van der Waals surface area contributed by atoms with Gasteiger partial charge in [0.15, 0.2) is 22.9 Å². The summed E-state index contributed by atoms with van der Waals surface area (Å²) in [5.41, 5.74) is 0.611. The van der Waals surface area contributed by atoms with Crippen LogP contribution in [0.1, 0.15) is 53.9 Å². The molecule has 1 saturated carbocycles. The van der Waals surface area contributed by atoms with Crippen LogP contribution in [-0.2, 0) is 6.42 Å². The van der Waals surface area contributed by atoms with Crippen molar-refractivity contribution in [3.8, 4) is 5.75 Å². The topological polar surface area (TPSA) is 81.6 Å². The highest BCUT2D eigenvalue weighted by atomic mass is 16.5. The summed E-state index contributed by atoms with van der Waals surface area (Å²) in [6, 6.07) is 7.44. The second-order valence-electron chi connectivity index (χ2n) is 7.77. The Bertz CT molecular complexity index is 1000. The van der Waals surface area contributed by atoms with Crippen LogP contribution in [0.4, 0.5) is 0 Å². The number of hydrogen-bond acceptors (Lipinski definition) is 6. The van der Waals surface area contributed by atoms with Crippen molar-refractivity contribution in [2.24, 2.45) is 5.92 Å². The summed E-state index contributed by atoms with van der Waals surface area (Å²) in [4.78, 5) is 19.4. The van der Waals surface area contributed by atoms with E-state index < -0.39 is 0 Å². The number of amides is 1. The maximum absolute atomic E-state index is 13.0. The van der Waals surface area contributed by atoms with Crippen molar-refractivity contribution in [2.45, 2.75) is 38.0 Å². The van der Waals surface area contributed by atoms with Crippen molar-refractivity contribution in [1.82, 2.24) is 15.0 Å². The van der Waals surface area contributed by atoms with Crippen LogP contribution in [0.25, 0.3) is 11.0 Å². The highest BCUT2D eigenvalue weighted by Crippen LogP contribution is 2.38. The van der Waals surface area contributed by atoms with Gasteiger partial charge in [0.05, 0.1) is 7.11 Å². The number of benzene rings is 1. The van der Waals surface area contributed by atoms with Gasteiger partial charge >= 0.3 is 0 Å². The number of furan rings is 1. The third kappa shape index (κ3) is 3.25. The van der Waals surface area contributed by atoms with E-state index in [1.54, 1.807) is 13.2 Å². The third-order valence-electron chi connectivity index (χ3n) is 5.63. The van der Waals surface area contributed by atoms with Crippen LogP contribution in [0.5, 0.6) is 5.75 Å². The average Bonchev–Trinajstić information content (AvgIpc) is 3.31. The largest absolute Gasteiger partial charge is 0.493 e. The first kappa shape index (κ1) is 17.3. The fourth-order valence-corrected chi connectivity index (χ4v) is 3.98. The standard InChI is InChI=1S/C21H23N3O4/c1-26-16-6-2-5-15-11-17(27-19(15)16)21(25)24-9-3-4-13(12-24)10-18-22-20(23-28-18)14-7-8-14/h2,5-6,11,13-14H,3-4,7-10,12H2,1H3/t13-/m1/s1. The molecule has 7 nitrogen and oxygen atoms in total. The predicted molar refractivity (Wildman–Crippen MR) is 101 cm³/mol. The molecule has 2 aliphatic rings. The van der Waals surface area contributed by atoms with Crippen LogP contribution in [0, 0.1) is 5.92 Å². The van der Waals surface area contributed by atoms with Gasteiger partial charge in [-0.25, -0.2) is 0 Å². The molecule has 146 valence electrons. The van der Waals surface area contributed by atoms with Crippen LogP contribution >= 0.6 is 0 Å². The number of carbonyl (C=O) groups is 1. The Labute approximate surface area is 162 Å². The zero-order valence-electron chi connectivity index (χ0n) is 15.9. The van der Waals surface area contributed by atoms with Gasteiger partial charge in [-0.3, -0.25) is 4.79 Å². The summed E-state index contributed by atoms with van der Waals surface area (Å²) in [7, 11) is 1.60. The van der Waals surface area contributed by atoms with Gasteiger partial charge in [-0.1, -0.05) is 17.3 Å². The molecule has 28 heavy (non-hydrogen) atoms. The number of nitrogens with zero attached hydrogens (tertiary/aromatic N) is 3. The first-order chi connectivity index (χ1) is 13.7. The lowest BCUT2D eigenvalue weighted by Crippen LogP contribution is -2.40. The van der Waals surface area contributed by atoms with Crippen molar-refractivity contribution in [1.29, 1.82) is 0 Å². The zero-order chi connectivity index (χ0) is 19.1. The van der Waals surface area contributed by atoms with E-state index in [0.717, 1.165) is 49.9 Å². The third-order valence-corrected chi connectivity index (χ3v) is 5.63. The monoisotopic (exact) mass is 381 g/mol. The molecule has 0 radical (unpaired) electrons. The van der Waals surface area contributed by atoms with Crippen LogP contribution in [0.3, 0.4) is 0 Å². The highest BCUT2D eigenvalue weighted by molar-refractivity contribution is 5.97. The Hall–Kier alpha value is -2.83. The van der Waals surface area contributed by atoms with Gasteiger partial charge in [0, 0.05) is 30.8 Å². The van der Waals surface area contributed by atoms with E-state index in [1.165, 1.54) is 0 Å². The Morgan fingerprint density at radius 3 is 3.04 bits per heavy atom. The molecule has 1 aliphatic heterocycles. The minimum absolute atomic E-state index is 0.0767. The molecular formula is C21H23N3O4. The fraction of sp³-hybridized carbons (Fsp3) is 0.476. The number of likely N-dealkylation sites (tertiary alicyclic amines) is 1. The maximum Gasteiger partial charge on any atom is 0.289 e. The molecule has 1 aromatic carbocycles. The molecular weight excluding hydrogens is 358 g/mol. The van der Waals surface area contributed by atoms with Crippen molar-refractivity contribution in [3.63, 3.8) is 0 Å². The minimum Gasteiger partial charge on any atom is -0.493 e. The molecule has 0 N–H and O–H groups in total. The summed E-state index contributed by atoms with van der Waals surface area (Å²) < 4.78 is 16.6. The predicted octanol–water partition coefficient (Wildman–Crippen LogP) is 3.80. The van der Waals surface area contributed by atoms with E-state index in [2.05, 4.69) is 10.1 Å². The number of methoxy groups -OCH3 is 1. The normalized spacial score (nSPS) is 19.9. The Kier molecular flexibility index (Phi) is 4.30. The van der Waals surface area contributed by atoms with Crippen molar-refractivity contribution >= 4 is 16.9 Å². The molecule has 0 unspecified atom stereocenters. The van der Waals surface area contributed by atoms with Crippen molar-refractivity contribution in [2.75, 3.05) is 20.2 Å². The molecule has 5 rings (SSSR count). The van der Waals surface area contributed by atoms with Gasteiger partial charge in [-0.15, -0.1) is 0 Å². The van der Waals surface area contributed by atoms with E-state index >= 15 is 0 Å². The molecule has 3 aromatic rings. The van der Waals surface area contributed by atoms with E-state index in [4.69, 9.17) is 13.7 Å². The number of hydrogen-bond donors (Lipinski definition) is 0. The Morgan fingerprint density at radius 2 is 2.21 bits per heavy atom. The van der Waals surface area contributed by atoms with Gasteiger partial charge in [0.25, 0.3) is 5.91 Å². The number of carbonyl (C=O) groups excluding carboxylic acids is 1. The van der Waals surface area contributed by atoms with E-state index in [0.29, 0.717) is 41.4 Å². The summed E-state index contributed by atoms with van der Waals surface area (Å²) in [5.74, 6) is 3.26. The number of rotatable bonds is 5. The van der Waals surface area contributed by atoms with E-state index in [9.17, 15) is 4.79 Å². The molecule has 0 spiro atoms. The number of aromatic nitrogens is 2. The van der Waals surface area contributed by atoms with Crippen molar-refractivity contribution < 1.29 is 18.5 Å². The first-order valence-corrected chi connectivity index (χ1v) is 9.89. The average molecular weight is 381 g/mol. The van der Waals surface area contributed by atoms with Crippen LogP contribution < -0.4 is 4.74 Å². The summed E-state index contributed by atoms with van der Waals surface area (Å²) in [5, 5.41) is 4.96. The molecule has 2 aromatic heterocycles. The molecule has 7 heteroatoms. The summed E-state index contributed by atoms with van der Waals surface area (Å²) >= 11 is 0. The van der Waals surface area contributed by atoms with Crippen molar-refractivity contribution in [3.05, 3.63) is 41.7 Å². The Morgan fingerprint density at radius 1 is 1.32 bits per heavy atom. The zero-order valence-corrected chi connectivity index (χ0v) is 15.9. The van der Waals surface area contributed by atoms with Gasteiger partial charge in [-0.05, 0) is 43.7 Å². The highest BCUT2D eigenvalue weighted by Gasteiger charge is 2.31. The smallest absolute Gasteiger partial charge is 0.289 e. The lowest BCUT2D eigenvalue weighted by molar-refractivity contribution is 0.0638. The second-order valence-corrected chi connectivity index (χ2v) is 7.77. The van der Waals surface area contributed by atoms with E-state index in [-0.39, 0.29) is 5.91 Å². The van der Waals surface area contributed by atoms with Gasteiger partial charge in [0.1, 0.15) is 0 Å². The van der Waals surface area contributed by atoms with Crippen LogP contribution in [-0.4, -0.2) is 41.1 Å². The van der Waals surface area contributed by atoms with Gasteiger partial charge in [0.2, 0.25) is 5.89 Å². The molecule has 0 bridgehead atoms. The molecule has 2 fully saturated rings. The lowest BCUT2D eigenvalue weighted by Gasteiger charge is -2.31. The van der Waals surface area contributed by atoms with Gasteiger partial charge in [-0.2, -0.15) is 4.98 Å². The number of piperidine rings is 1. The lowest BCUT2D eigenvalue weighted by atomic mass is 9.94. The number of para-hydroxylation sites is 1. The number of fused-ring (bicyclic) bond motifs is 1.